The highest BCUT2D eigenvalue weighted by Crippen LogP contribution is 2.18. The second-order valence-corrected chi connectivity index (χ2v) is 4.68. The van der Waals surface area contributed by atoms with Gasteiger partial charge < -0.3 is 0 Å². The summed E-state index contributed by atoms with van der Waals surface area (Å²) in [4.78, 5) is 16.7. The highest BCUT2D eigenvalue weighted by atomic mass is 16.1. The Bertz CT molecular complexity index is 756. The van der Waals surface area contributed by atoms with Gasteiger partial charge in [-0.1, -0.05) is 18.2 Å². The van der Waals surface area contributed by atoms with Crippen molar-refractivity contribution in [1.82, 2.24) is 14.8 Å². The topological polar surface area (TPSA) is 47.8 Å². The molecule has 20 heavy (non-hydrogen) atoms. The first kappa shape index (κ1) is 12.5. The number of hydrogen-bond acceptors (Lipinski definition) is 3. The molecule has 0 bridgehead atoms. The molecular weight excluding hydrogens is 250 g/mol. The van der Waals surface area contributed by atoms with Crippen LogP contribution in [0.1, 0.15) is 22.8 Å². The lowest BCUT2D eigenvalue weighted by molar-refractivity contribution is 0.0994. The van der Waals surface area contributed by atoms with E-state index in [-0.39, 0.29) is 5.78 Å². The van der Waals surface area contributed by atoms with Gasteiger partial charge in [-0.3, -0.25) is 14.5 Å². The van der Waals surface area contributed by atoms with Crippen LogP contribution in [0.2, 0.25) is 0 Å². The van der Waals surface area contributed by atoms with E-state index in [0.29, 0.717) is 6.42 Å². The minimum absolute atomic E-state index is 0.0965. The van der Waals surface area contributed by atoms with E-state index in [1.54, 1.807) is 18.5 Å². The number of rotatable bonds is 4. The average molecular weight is 265 g/mol. The van der Waals surface area contributed by atoms with Gasteiger partial charge in [-0.25, -0.2) is 0 Å². The van der Waals surface area contributed by atoms with Crippen molar-refractivity contribution in [2.75, 3.05) is 0 Å². The Morgan fingerprint density at radius 3 is 2.90 bits per heavy atom. The van der Waals surface area contributed by atoms with Crippen molar-refractivity contribution in [3.63, 3.8) is 0 Å². The molecule has 4 nitrogen and oxygen atoms in total. The molecule has 0 radical (unpaired) electrons. The van der Waals surface area contributed by atoms with Crippen LogP contribution in [0.3, 0.4) is 0 Å². The second-order valence-electron chi connectivity index (χ2n) is 4.68. The zero-order valence-corrected chi connectivity index (χ0v) is 11.3. The van der Waals surface area contributed by atoms with E-state index in [4.69, 9.17) is 0 Å². The first-order valence-corrected chi connectivity index (χ1v) is 6.66. The molecule has 3 rings (SSSR count). The number of fused-ring (bicyclic) bond motifs is 1. The molecule has 1 aromatic carbocycles. The minimum Gasteiger partial charge on any atom is -0.294 e. The van der Waals surface area contributed by atoms with Gasteiger partial charge in [-0.2, -0.15) is 5.10 Å². The number of Topliss-reactive ketones (excluding diaryl/α,β-unsaturated/α-hetero) is 1. The summed E-state index contributed by atoms with van der Waals surface area (Å²) >= 11 is 0. The van der Waals surface area contributed by atoms with E-state index >= 15 is 0 Å². The number of para-hydroxylation sites is 1. The van der Waals surface area contributed by atoms with E-state index in [1.807, 2.05) is 42.1 Å². The number of benzene rings is 1. The second kappa shape index (κ2) is 5.25. The van der Waals surface area contributed by atoms with Gasteiger partial charge in [0, 0.05) is 36.3 Å². The fourth-order valence-corrected chi connectivity index (χ4v) is 2.29. The molecule has 0 atom stereocenters. The predicted molar refractivity (Wildman–Crippen MR) is 77.7 cm³/mol. The fraction of sp³-hybridized carbons (Fsp3) is 0.188. The quantitative estimate of drug-likeness (QED) is 0.681. The number of ketones is 1. The number of nitrogens with zero attached hydrogens (tertiary/aromatic N) is 3. The standard InChI is InChI=1S/C16H15N3O/c1-2-19-11-12(10-18-19)9-16(20)14-7-8-17-15-6-4-3-5-13(14)15/h3-8,10-11H,2,9H2,1H3. The lowest BCUT2D eigenvalue weighted by atomic mass is 10.0. The van der Waals surface area contributed by atoms with E-state index in [1.165, 1.54) is 0 Å². The van der Waals surface area contributed by atoms with Crippen LogP contribution in [-0.4, -0.2) is 20.5 Å². The molecule has 2 heterocycles. The summed E-state index contributed by atoms with van der Waals surface area (Å²) in [6.45, 7) is 2.83. The van der Waals surface area contributed by atoms with Gasteiger partial charge >= 0.3 is 0 Å². The Hall–Kier alpha value is -2.49. The molecule has 0 saturated carbocycles. The van der Waals surface area contributed by atoms with Gasteiger partial charge in [0.05, 0.1) is 11.7 Å². The molecule has 0 spiro atoms. The van der Waals surface area contributed by atoms with Crippen molar-refractivity contribution >= 4 is 16.7 Å². The first-order valence-electron chi connectivity index (χ1n) is 6.66. The van der Waals surface area contributed by atoms with Gasteiger partial charge in [0.25, 0.3) is 0 Å². The zero-order valence-electron chi connectivity index (χ0n) is 11.3. The molecule has 2 aromatic heterocycles. The van der Waals surface area contributed by atoms with Crippen LogP contribution >= 0.6 is 0 Å². The molecule has 3 aromatic rings. The number of aryl methyl sites for hydroxylation is 1. The average Bonchev–Trinajstić information content (AvgIpc) is 2.94. The number of carbonyl (C=O) groups excluding carboxylic acids is 1. The van der Waals surface area contributed by atoms with Gasteiger partial charge in [0.15, 0.2) is 5.78 Å². The molecule has 4 heteroatoms. The van der Waals surface area contributed by atoms with Gasteiger partial charge in [-0.15, -0.1) is 0 Å². The SMILES string of the molecule is CCn1cc(CC(=O)c2ccnc3ccccc23)cn1. The smallest absolute Gasteiger partial charge is 0.168 e. The molecule has 0 aliphatic heterocycles. The third kappa shape index (κ3) is 2.32. The van der Waals surface area contributed by atoms with Crippen LogP contribution in [0.5, 0.6) is 0 Å². The Kier molecular flexibility index (Phi) is 3.29. The molecule has 0 aliphatic carbocycles. The fourth-order valence-electron chi connectivity index (χ4n) is 2.29. The monoisotopic (exact) mass is 265 g/mol. The van der Waals surface area contributed by atoms with Crippen molar-refractivity contribution in [1.29, 1.82) is 0 Å². The van der Waals surface area contributed by atoms with Crippen molar-refractivity contribution in [3.05, 3.63) is 60.0 Å². The minimum atomic E-state index is 0.0965. The molecule has 0 N–H and O–H groups in total. The van der Waals surface area contributed by atoms with Crippen molar-refractivity contribution < 1.29 is 4.79 Å². The Morgan fingerprint density at radius 2 is 2.10 bits per heavy atom. The van der Waals surface area contributed by atoms with Crippen molar-refractivity contribution in [2.45, 2.75) is 19.9 Å². The Balaban J connectivity index is 1.92. The number of aromatic nitrogens is 3. The maximum Gasteiger partial charge on any atom is 0.168 e. The Morgan fingerprint density at radius 1 is 1.25 bits per heavy atom. The maximum absolute atomic E-state index is 12.5. The van der Waals surface area contributed by atoms with E-state index in [0.717, 1.165) is 28.6 Å². The lowest BCUT2D eigenvalue weighted by Gasteiger charge is -2.04. The van der Waals surface area contributed by atoms with Crippen molar-refractivity contribution in [2.24, 2.45) is 0 Å². The summed E-state index contributed by atoms with van der Waals surface area (Å²) in [5.74, 6) is 0.0965. The summed E-state index contributed by atoms with van der Waals surface area (Å²) in [5.41, 5.74) is 2.51. The Labute approximate surface area is 117 Å². The molecule has 0 saturated heterocycles. The van der Waals surface area contributed by atoms with Crippen LogP contribution in [0.25, 0.3) is 10.9 Å². The van der Waals surface area contributed by atoms with Gasteiger partial charge in [0.1, 0.15) is 0 Å². The van der Waals surface area contributed by atoms with Crippen LogP contribution < -0.4 is 0 Å². The predicted octanol–water partition coefficient (Wildman–Crippen LogP) is 2.88. The zero-order chi connectivity index (χ0) is 13.9. The third-order valence-corrected chi connectivity index (χ3v) is 3.32. The maximum atomic E-state index is 12.5. The molecule has 0 aliphatic rings. The summed E-state index contributed by atoms with van der Waals surface area (Å²) in [5, 5.41) is 5.10. The molecule has 100 valence electrons. The number of carbonyl (C=O) groups is 1. The van der Waals surface area contributed by atoms with Crippen LogP contribution in [-0.2, 0) is 13.0 Å². The summed E-state index contributed by atoms with van der Waals surface area (Å²) < 4.78 is 1.83. The van der Waals surface area contributed by atoms with Crippen LogP contribution in [0.15, 0.2) is 48.9 Å². The molecular formula is C16H15N3O. The highest BCUT2D eigenvalue weighted by Gasteiger charge is 2.12. The molecule has 0 fully saturated rings. The summed E-state index contributed by atoms with van der Waals surface area (Å²) in [7, 11) is 0. The van der Waals surface area contributed by atoms with Crippen LogP contribution in [0, 0.1) is 0 Å². The lowest BCUT2D eigenvalue weighted by Crippen LogP contribution is -2.04. The van der Waals surface area contributed by atoms with Gasteiger partial charge in [0.2, 0.25) is 0 Å². The number of pyridine rings is 1. The largest absolute Gasteiger partial charge is 0.294 e. The normalized spacial score (nSPS) is 10.8. The van der Waals surface area contributed by atoms with Crippen molar-refractivity contribution in [3.8, 4) is 0 Å². The number of hydrogen-bond donors (Lipinski definition) is 0. The molecule has 0 unspecified atom stereocenters. The third-order valence-electron chi connectivity index (χ3n) is 3.32. The highest BCUT2D eigenvalue weighted by molar-refractivity contribution is 6.07. The van der Waals surface area contributed by atoms with E-state index in [2.05, 4.69) is 10.1 Å². The van der Waals surface area contributed by atoms with E-state index < -0.39 is 0 Å². The van der Waals surface area contributed by atoms with Gasteiger partial charge in [-0.05, 0) is 24.6 Å². The summed E-state index contributed by atoms with van der Waals surface area (Å²) in [6.07, 6.45) is 5.73. The first-order chi connectivity index (χ1) is 9.78. The summed E-state index contributed by atoms with van der Waals surface area (Å²) in [6, 6.07) is 9.49. The van der Waals surface area contributed by atoms with E-state index in [9.17, 15) is 4.79 Å². The van der Waals surface area contributed by atoms with Crippen LogP contribution in [0.4, 0.5) is 0 Å². The molecule has 0 amide bonds.